The highest BCUT2D eigenvalue weighted by Gasteiger charge is 2.11. The lowest BCUT2D eigenvalue weighted by atomic mass is 10.2. The maximum Gasteiger partial charge on any atom is 0.255 e. The molecule has 1 N–H and O–H groups in total. The average Bonchev–Trinajstić information content (AvgIpc) is 2.64. The van der Waals surface area contributed by atoms with Crippen LogP contribution in [-0.2, 0) is 0 Å². The predicted octanol–water partition coefficient (Wildman–Crippen LogP) is 4.74. The van der Waals surface area contributed by atoms with Crippen LogP contribution in [0, 0.1) is 0 Å². The molecule has 3 aromatic carbocycles. The van der Waals surface area contributed by atoms with E-state index in [1.54, 1.807) is 37.4 Å². The molecule has 24 heavy (non-hydrogen) atoms. The molecule has 120 valence electrons. The van der Waals surface area contributed by atoms with E-state index in [4.69, 9.17) is 9.47 Å². The van der Waals surface area contributed by atoms with Gasteiger partial charge in [0.05, 0.1) is 12.8 Å². The van der Waals surface area contributed by atoms with Gasteiger partial charge in [0.15, 0.2) is 5.75 Å². The summed E-state index contributed by atoms with van der Waals surface area (Å²) in [5.74, 6) is 1.70. The van der Waals surface area contributed by atoms with Crippen molar-refractivity contribution in [1.29, 1.82) is 0 Å². The molecule has 0 radical (unpaired) electrons. The van der Waals surface area contributed by atoms with Crippen LogP contribution in [0.25, 0.3) is 0 Å². The number of hydrogen-bond donors (Lipinski definition) is 1. The van der Waals surface area contributed by atoms with Crippen molar-refractivity contribution in [3.05, 3.63) is 84.4 Å². The van der Waals surface area contributed by atoms with Crippen LogP contribution in [-0.4, -0.2) is 13.0 Å². The Labute approximate surface area is 140 Å². The predicted molar refractivity (Wildman–Crippen MR) is 93.9 cm³/mol. The van der Waals surface area contributed by atoms with Gasteiger partial charge in [0, 0.05) is 5.56 Å². The van der Waals surface area contributed by atoms with Crippen LogP contribution < -0.4 is 14.8 Å². The Morgan fingerprint density at radius 2 is 1.54 bits per heavy atom. The lowest BCUT2D eigenvalue weighted by molar-refractivity contribution is 0.102. The highest BCUT2D eigenvalue weighted by molar-refractivity contribution is 6.05. The van der Waals surface area contributed by atoms with Crippen molar-refractivity contribution < 1.29 is 14.3 Å². The SMILES string of the molecule is COc1cccc(C(=O)Nc2ccccc2Oc2ccccc2)c1. The van der Waals surface area contributed by atoms with Crippen LogP contribution >= 0.6 is 0 Å². The van der Waals surface area contributed by atoms with Crippen LogP contribution in [0.1, 0.15) is 10.4 Å². The van der Waals surface area contributed by atoms with Gasteiger partial charge in [-0.15, -0.1) is 0 Å². The number of methoxy groups -OCH3 is 1. The van der Waals surface area contributed by atoms with E-state index in [9.17, 15) is 4.79 Å². The smallest absolute Gasteiger partial charge is 0.255 e. The largest absolute Gasteiger partial charge is 0.497 e. The summed E-state index contributed by atoms with van der Waals surface area (Å²) in [6.45, 7) is 0. The van der Waals surface area contributed by atoms with E-state index in [2.05, 4.69) is 5.32 Å². The third-order valence-corrected chi connectivity index (χ3v) is 3.44. The Morgan fingerprint density at radius 3 is 2.33 bits per heavy atom. The number of para-hydroxylation sites is 3. The number of amides is 1. The Kier molecular flexibility index (Phi) is 4.77. The molecule has 0 bridgehead atoms. The van der Waals surface area contributed by atoms with Gasteiger partial charge >= 0.3 is 0 Å². The molecule has 3 rings (SSSR count). The summed E-state index contributed by atoms with van der Waals surface area (Å²) >= 11 is 0. The van der Waals surface area contributed by atoms with Gasteiger partial charge < -0.3 is 14.8 Å². The first-order valence-corrected chi connectivity index (χ1v) is 7.53. The van der Waals surface area contributed by atoms with Crippen molar-refractivity contribution >= 4 is 11.6 Å². The fourth-order valence-electron chi connectivity index (χ4n) is 2.23. The minimum Gasteiger partial charge on any atom is -0.497 e. The van der Waals surface area contributed by atoms with Gasteiger partial charge in [0.25, 0.3) is 5.91 Å². The van der Waals surface area contributed by atoms with E-state index in [1.807, 2.05) is 48.5 Å². The molecule has 0 fully saturated rings. The second-order valence-corrected chi connectivity index (χ2v) is 5.10. The van der Waals surface area contributed by atoms with Crippen molar-refractivity contribution in [2.75, 3.05) is 12.4 Å². The van der Waals surface area contributed by atoms with Gasteiger partial charge in [0.2, 0.25) is 0 Å². The van der Waals surface area contributed by atoms with Crippen LogP contribution in [0.2, 0.25) is 0 Å². The molecular formula is C20H17NO3. The molecule has 0 heterocycles. The third-order valence-electron chi connectivity index (χ3n) is 3.44. The second kappa shape index (κ2) is 7.33. The molecule has 1 amide bonds. The van der Waals surface area contributed by atoms with E-state index in [-0.39, 0.29) is 5.91 Å². The molecule has 0 aliphatic carbocycles. The quantitative estimate of drug-likeness (QED) is 0.739. The van der Waals surface area contributed by atoms with Crippen LogP contribution in [0.15, 0.2) is 78.9 Å². The zero-order chi connectivity index (χ0) is 16.8. The third kappa shape index (κ3) is 3.73. The number of benzene rings is 3. The van der Waals surface area contributed by atoms with Crippen molar-refractivity contribution in [3.63, 3.8) is 0 Å². The molecule has 0 unspecified atom stereocenters. The van der Waals surface area contributed by atoms with E-state index in [0.717, 1.165) is 0 Å². The van der Waals surface area contributed by atoms with Gasteiger partial charge in [-0.25, -0.2) is 0 Å². The van der Waals surface area contributed by atoms with Crippen molar-refractivity contribution in [2.24, 2.45) is 0 Å². The van der Waals surface area contributed by atoms with Crippen LogP contribution in [0.3, 0.4) is 0 Å². The molecule has 0 saturated carbocycles. The molecular weight excluding hydrogens is 302 g/mol. The van der Waals surface area contributed by atoms with Crippen molar-refractivity contribution in [1.82, 2.24) is 0 Å². The van der Waals surface area contributed by atoms with E-state index in [1.165, 1.54) is 0 Å². The topological polar surface area (TPSA) is 47.6 Å². The fourth-order valence-corrected chi connectivity index (χ4v) is 2.23. The summed E-state index contributed by atoms with van der Waals surface area (Å²) < 4.78 is 11.0. The minimum absolute atomic E-state index is 0.224. The zero-order valence-electron chi connectivity index (χ0n) is 13.2. The molecule has 0 aliphatic rings. The zero-order valence-corrected chi connectivity index (χ0v) is 13.2. The number of rotatable bonds is 5. The molecule has 0 aliphatic heterocycles. The minimum atomic E-state index is -0.224. The number of carbonyl (C=O) groups excluding carboxylic acids is 1. The number of nitrogens with one attached hydrogen (secondary N) is 1. The summed E-state index contributed by atoms with van der Waals surface area (Å²) in [5.41, 5.74) is 1.12. The monoisotopic (exact) mass is 319 g/mol. The van der Waals surface area contributed by atoms with E-state index < -0.39 is 0 Å². The number of anilines is 1. The van der Waals surface area contributed by atoms with Gasteiger partial charge in [-0.05, 0) is 42.5 Å². The number of ether oxygens (including phenoxy) is 2. The van der Waals surface area contributed by atoms with Gasteiger partial charge in [-0.2, -0.15) is 0 Å². The first kappa shape index (κ1) is 15.6. The highest BCUT2D eigenvalue weighted by Crippen LogP contribution is 2.29. The summed E-state index contributed by atoms with van der Waals surface area (Å²) in [5, 5.41) is 2.88. The van der Waals surface area contributed by atoms with Gasteiger partial charge in [0.1, 0.15) is 11.5 Å². The summed E-state index contributed by atoms with van der Waals surface area (Å²) in [7, 11) is 1.57. The molecule has 4 heteroatoms. The first-order valence-electron chi connectivity index (χ1n) is 7.53. The maximum absolute atomic E-state index is 12.5. The molecule has 0 atom stereocenters. The summed E-state index contributed by atoms with van der Waals surface area (Å²) in [6.07, 6.45) is 0. The maximum atomic E-state index is 12.5. The molecule has 4 nitrogen and oxygen atoms in total. The van der Waals surface area contributed by atoms with Crippen LogP contribution in [0.5, 0.6) is 17.2 Å². The molecule has 0 saturated heterocycles. The summed E-state index contributed by atoms with van der Waals surface area (Å²) in [6, 6.07) is 23.8. The molecule has 0 spiro atoms. The molecule has 0 aromatic heterocycles. The Morgan fingerprint density at radius 1 is 0.833 bits per heavy atom. The van der Waals surface area contributed by atoms with Gasteiger partial charge in [-0.1, -0.05) is 36.4 Å². The summed E-state index contributed by atoms with van der Waals surface area (Å²) in [4.78, 5) is 12.5. The van der Waals surface area contributed by atoms with Crippen LogP contribution in [0.4, 0.5) is 5.69 Å². The fraction of sp³-hybridized carbons (Fsp3) is 0.0500. The van der Waals surface area contributed by atoms with Gasteiger partial charge in [-0.3, -0.25) is 4.79 Å². The Balaban J connectivity index is 1.81. The standard InChI is InChI=1S/C20H17NO3/c1-23-17-11-7-8-15(14-17)20(22)21-18-12-5-6-13-19(18)24-16-9-3-2-4-10-16/h2-14H,1H3,(H,21,22). The van der Waals surface area contributed by atoms with Crippen molar-refractivity contribution in [3.8, 4) is 17.2 Å². The second-order valence-electron chi connectivity index (χ2n) is 5.10. The lowest BCUT2D eigenvalue weighted by Gasteiger charge is -2.12. The normalized spacial score (nSPS) is 10.0. The van der Waals surface area contributed by atoms with E-state index in [0.29, 0.717) is 28.5 Å². The van der Waals surface area contributed by atoms with Crippen molar-refractivity contribution in [2.45, 2.75) is 0 Å². The molecule has 3 aromatic rings. The lowest BCUT2D eigenvalue weighted by Crippen LogP contribution is -2.12. The van der Waals surface area contributed by atoms with E-state index >= 15 is 0 Å². The number of hydrogen-bond acceptors (Lipinski definition) is 3. The first-order chi connectivity index (χ1) is 11.8. The number of carbonyl (C=O) groups is 1. The average molecular weight is 319 g/mol. The Bertz CT molecular complexity index is 831. The Hall–Kier alpha value is -3.27. The highest BCUT2D eigenvalue weighted by atomic mass is 16.5.